The van der Waals surface area contributed by atoms with Crippen molar-refractivity contribution in [3.05, 3.63) is 53.3 Å². The molecule has 0 bridgehead atoms. The average molecular weight is 416 g/mol. The van der Waals surface area contributed by atoms with Crippen LogP contribution >= 0.6 is 11.3 Å². The lowest BCUT2D eigenvalue weighted by Gasteiger charge is -2.43. The van der Waals surface area contributed by atoms with Crippen molar-refractivity contribution in [2.24, 2.45) is 5.73 Å². The number of pyridine rings is 1. The van der Waals surface area contributed by atoms with E-state index in [1.807, 2.05) is 0 Å². The molecule has 0 atom stereocenters. The van der Waals surface area contributed by atoms with E-state index in [1.165, 1.54) is 29.7 Å². The smallest absolute Gasteiger partial charge is 0.222 e. The SMILES string of the molecule is NC(=O)Cc1cnc(-c2cnc(NC[C@]3(c4ncccc4F)C[C@H](F)C3)nc2)s1. The monoisotopic (exact) mass is 416 g/mol. The van der Waals surface area contributed by atoms with Gasteiger partial charge in [0.15, 0.2) is 0 Å². The summed E-state index contributed by atoms with van der Waals surface area (Å²) < 4.78 is 27.8. The number of hydrogen-bond donors (Lipinski definition) is 2. The van der Waals surface area contributed by atoms with Crippen molar-refractivity contribution in [1.82, 2.24) is 19.9 Å². The molecule has 3 heterocycles. The van der Waals surface area contributed by atoms with Crippen molar-refractivity contribution in [2.45, 2.75) is 30.8 Å². The number of anilines is 1. The van der Waals surface area contributed by atoms with Gasteiger partial charge in [0.2, 0.25) is 11.9 Å². The molecular weight excluding hydrogens is 398 g/mol. The Balaban J connectivity index is 1.45. The fourth-order valence-corrected chi connectivity index (χ4v) is 4.35. The van der Waals surface area contributed by atoms with Crippen LogP contribution in [-0.4, -0.2) is 38.6 Å². The fraction of sp³-hybridized carbons (Fsp3) is 0.316. The summed E-state index contributed by atoms with van der Waals surface area (Å²) in [4.78, 5) is 28.7. The van der Waals surface area contributed by atoms with E-state index in [9.17, 15) is 13.6 Å². The number of amides is 1. The first-order chi connectivity index (χ1) is 13.9. The highest BCUT2D eigenvalue weighted by Gasteiger charge is 2.48. The third kappa shape index (κ3) is 4.07. The molecule has 0 saturated heterocycles. The van der Waals surface area contributed by atoms with Gasteiger partial charge in [-0.25, -0.2) is 23.7 Å². The van der Waals surface area contributed by atoms with E-state index in [0.29, 0.717) is 16.5 Å². The van der Waals surface area contributed by atoms with Crippen molar-refractivity contribution >= 4 is 23.2 Å². The van der Waals surface area contributed by atoms with E-state index in [-0.39, 0.29) is 31.5 Å². The van der Waals surface area contributed by atoms with Crippen LogP contribution in [0.15, 0.2) is 36.9 Å². The molecule has 0 aliphatic heterocycles. The summed E-state index contributed by atoms with van der Waals surface area (Å²) in [7, 11) is 0. The number of primary amides is 1. The fourth-order valence-electron chi connectivity index (χ4n) is 3.46. The standard InChI is InChI=1S/C19H18F2N6OS/c20-12-5-19(6-12,16-14(21)2-1-3-23-16)10-27-18-25-7-11(8-26-18)17-24-9-13(29-17)4-15(22)28/h1-3,7-9,12H,4-6,10H2,(H2,22,28)(H,25,26,27)/t12-,19-. The van der Waals surface area contributed by atoms with Gasteiger partial charge in [-0.15, -0.1) is 11.3 Å². The predicted octanol–water partition coefficient (Wildman–Crippen LogP) is 2.64. The van der Waals surface area contributed by atoms with Gasteiger partial charge in [0.1, 0.15) is 17.0 Å². The number of halogens is 2. The van der Waals surface area contributed by atoms with Crippen molar-refractivity contribution in [3.63, 3.8) is 0 Å². The summed E-state index contributed by atoms with van der Waals surface area (Å²) in [6, 6.07) is 2.85. The maximum absolute atomic E-state index is 14.2. The predicted molar refractivity (Wildman–Crippen MR) is 105 cm³/mol. The number of nitrogens with zero attached hydrogens (tertiary/aromatic N) is 4. The highest BCUT2D eigenvalue weighted by Crippen LogP contribution is 2.45. The maximum Gasteiger partial charge on any atom is 0.222 e. The van der Waals surface area contributed by atoms with Gasteiger partial charge in [0.05, 0.1) is 12.1 Å². The number of rotatable bonds is 7. The minimum absolute atomic E-state index is 0.139. The third-order valence-electron chi connectivity index (χ3n) is 4.87. The molecule has 0 unspecified atom stereocenters. The van der Waals surface area contributed by atoms with Crippen LogP contribution in [0.4, 0.5) is 14.7 Å². The Morgan fingerprint density at radius 3 is 2.66 bits per heavy atom. The van der Waals surface area contributed by atoms with Crippen molar-refractivity contribution in [1.29, 1.82) is 0 Å². The zero-order chi connectivity index (χ0) is 20.4. The summed E-state index contributed by atoms with van der Waals surface area (Å²) in [6.45, 7) is 0.278. The molecule has 7 nitrogen and oxygen atoms in total. The molecule has 3 aromatic heterocycles. The first-order valence-electron chi connectivity index (χ1n) is 8.99. The minimum Gasteiger partial charge on any atom is -0.369 e. The number of nitrogens with one attached hydrogen (secondary N) is 1. The van der Waals surface area contributed by atoms with Crippen molar-refractivity contribution < 1.29 is 13.6 Å². The molecule has 3 aromatic rings. The van der Waals surface area contributed by atoms with Gasteiger partial charge in [-0.2, -0.15) is 0 Å². The third-order valence-corrected chi connectivity index (χ3v) is 5.92. The van der Waals surface area contributed by atoms with Gasteiger partial charge in [-0.3, -0.25) is 9.78 Å². The lowest BCUT2D eigenvalue weighted by Crippen LogP contribution is -2.49. The van der Waals surface area contributed by atoms with Gasteiger partial charge in [0, 0.05) is 47.2 Å². The highest BCUT2D eigenvalue weighted by molar-refractivity contribution is 7.15. The quantitative estimate of drug-likeness (QED) is 0.613. The normalized spacial score (nSPS) is 20.8. The molecule has 29 heavy (non-hydrogen) atoms. The number of carbonyl (C=O) groups excluding carboxylic acids is 1. The number of alkyl halides is 1. The summed E-state index contributed by atoms with van der Waals surface area (Å²) >= 11 is 1.35. The van der Waals surface area contributed by atoms with Gasteiger partial charge in [0.25, 0.3) is 0 Å². The molecule has 1 aliphatic rings. The molecule has 1 amide bonds. The molecule has 0 spiro atoms. The van der Waals surface area contributed by atoms with Crippen LogP contribution in [0.2, 0.25) is 0 Å². The summed E-state index contributed by atoms with van der Waals surface area (Å²) in [5, 5.41) is 3.75. The van der Waals surface area contributed by atoms with Gasteiger partial charge >= 0.3 is 0 Å². The largest absolute Gasteiger partial charge is 0.369 e. The van der Waals surface area contributed by atoms with Crippen LogP contribution < -0.4 is 11.1 Å². The van der Waals surface area contributed by atoms with Gasteiger partial charge in [-0.1, -0.05) is 0 Å². The van der Waals surface area contributed by atoms with E-state index in [2.05, 4.69) is 25.3 Å². The lowest BCUT2D eigenvalue weighted by atomic mass is 9.65. The number of nitrogens with two attached hydrogens (primary N) is 1. The van der Waals surface area contributed by atoms with Crippen molar-refractivity contribution in [2.75, 3.05) is 11.9 Å². The number of carbonyl (C=O) groups is 1. The van der Waals surface area contributed by atoms with Crippen LogP contribution in [0.3, 0.4) is 0 Å². The van der Waals surface area contributed by atoms with Crippen LogP contribution in [0, 0.1) is 5.82 Å². The van der Waals surface area contributed by atoms with E-state index < -0.39 is 23.3 Å². The van der Waals surface area contributed by atoms with E-state index >= 15 is 0 Å². The number of hydrogen-bond acceptors (Lipinski definition) is 7. The van der Waals surface area contributed by atoms with Crippen LogP contribution in [-0.2, 0) is 16.6 Å². The number of thiazole rings is 1. The number of aromatic nitrogens is 4. The van der Waals surface area contributed by atoms with Crippen LogP contribution in [0.5, 0.6) is 0 Å². The second-order valence-electron chi connectivity index (χ2n) is 7.04. The Labute approximate surface area is 169 Å². The van der Waals surface area contributed by atoms with Gasteiger partial charge in [-0.05, 0) is 25.0 Å². The second kappa shape index (κ2) is 7.78. The molecule has 10 heteroatoms. The highest BCUT2D eigenvalue weighted by atomic mass is 32.1. The Kier molecular flexibility index (Phi) is 5.18. The minimum atomic E-state index is -0.971. The molecule has 0 aromatic carbocycles. The first-order valence-corrected chi connectivity index (χ1v) is 9.81. The van der Waals surface area contributed by atoms with Crippen LogP contribution in [0.1, 0.15) is 23.4 Å². The topological polar surface area (TPSA) is 107 Å². The van der Waals surface area contributed by atoms with E-state index in [4.69, 9.17) is 5.73 Å². The average Bonchev–Trinajstić information content (AvgIpc) is 3.13. The Morgan fingerprint density at radius 1 is 1.24 bits per heavy atom. The van der Waals surface area contributed by atoms with Crippen molar-refractivity contribution in [3.8, 4) is 10.6 Å². The lowest BCUT2D eigenvalue weighted by molar-refractivity contribution is -0.117. The summed E-state index contributed by atoms with van der Waals surface area (Å²) in [5.41, 5.74) is 5.45. The summed E-state index contributed by atoms with van der Waals surface area (Å²) in [6.07, 6.45) is 5.90. The molecule has 3 N–H and O–H groups in total. The molecule has 1 saturated carbocycles. The first kappa shape index (κ1) is 19.3. The summed E-state index contributed by atoms with van der Waals surface area (Å²) in [5.74, 6) is -0.505. The van der Waals surface area contributed by atoms with Gasteiger partial charge < -0.3 is 11.1 Å². The molecule has 4 rings (SSSR count). The van der Waals surface area contributed by atoms with E-state index in [1.54, 1.807) is 18.6 Å². The Hall–Kier alpha value is -3.01. The maximum atomic E-state index is 14.2. The zero-order valence-corrected chi connectivity index (χ0v) is 16.1. The molecule has 1 aliphatic carbocycles. The molecular formula is C19H18F2N6OS. The second-order valence-corrected chi connectivity index (χ2v) is 8.16. The molecule has 0 radical (unpaired) electrons. The molecule has 1 fully saturated rings. The molecule has 150 valence electrons. The Morgan fingerprint density at radius 2 is 2.00 bits per heavy atom. The van der Waals surface area contributed by atoms with E-state index in [0.717, 1.165) is 4.88 Å². The zero-order valence-electron chi connectivity index (χ0n) is 15.3. The Bertz CT molecular complexity index is 1020. The van der Waals surface area contributed by atoms with Crippen LogP contribution in [0.25, 0.3) is 10.6 Å².